The zero-order valence-electron chi connectivity index (χ0n) is 6.53. The second-order valence-corrected chi connectivity index (χ2v) is 4.20. The van der Waals surface area contributed by atoms with Crippen molar-refractivity contribution in [2.24, 2.45) is 0 Å². The van der Waals surface area contributed by atoms with Crippen LogP contribution in [0.1, 0.15) is 45.4 Å². The molecule has 0 saturated heterocycles. The molecule has 0 atom stereocenters. The van der Waals surface area contributed by atoms with Gasteiger partial charge in [-0.15, -0.1) is 0 Å². The number of hydrogen-bond donors (Lipinski definition) is 0. The van der Waals surface area contributed by atoms with Crippen LogP contribution in [0.2, 0.25) is 4.18 Å². The molecule has 0 N–H and O–H groups in total. The molecule has 0 aromatic carbocycles. The standard InChI is InChI=1S/C8H17.In/c1-3-5-7-8-6-4-2;/h1,3-8H2,2H3;. The molecule has 0 aromatic rings. The Balaban J connectivity index is 2.60. The third kappa shape index (κ3) is 8.87. The summed E-state index contributed by atoms with van der Waals surface area (Å²) < 4.78 is 1.50. The summed E-state index contributed by atoms with van der Waals surface area (Å²) in [6.45, 7) is 2.27. The van der Waals surface area contributed by atoms with Gasteiger partial charge in [-0.25, -0.2) is 0 Å². The van der Waals surface area contributed by atoms with E-state index in [1.54, 1.807) is 0 Å². The molecule has 0 rings (SSSR count). The van der Waals surface area contributed by atoms with Crippen LogP contribution in [0.15, 0.2) is 0 Å². The third-order valence-corrected chi connectivity index (χ3v) is 2.72. The Morgan fingerprint density at radius 2 is 1.44 bits per heavy atom. The Hall–Kier alpha value is 0.870. The second kappa shape index (κ2) is 8.87. The number of rotatable bonds is 6. The topological polar surface area (TPSA) is 0 Å². The van der Waals surface area contributed by atoms with E-state index in [4.69, 9.17) is 0 Å². The monoisotopic (exact) mass is 228 g/mol. The molecule has 0 fully saturated rings. The molecule has 0 aliphatic carbocycles. The summed E-state index contributed by atoms with van der Waals surface area (Å²) in [6.07, 6.45) is 8.75. The summed E-state index contributed by atoms with van der Waals surface area (Å²) in [6, 6.07) is 0. The Labute approximate surface area is 74.0 Å². The molecule has 9 heavy (non-hydrogen) atoms. The van der Waals surface area contributed by atoms with E-state index in [-0.39, 0.29) is 0 Å². The van der Waals surface area contributed by atoms with E-state index in [1.807, 2.05) is 0 Å². The SMILES string of the molecule is CCCCCCC[CH2][In]. The van der Waals surface area contributed by atoms with Crippen LogP contribution in [-0.4, -0.2) is 24.4 Å². The van der Waals surface area contributed by atoms with Crippen LogP contribution in [-0.2, 0) is 0 Å². The molecule has 2 radical (unpaired) electrons. The predicted octanol–water partition coefficient (Wildman–Crippen LogP) is 2.93. The van der Waals surface area contributed by atoms with Crippen LogP contribution in [0.4, 0.5) is 0 Å². The predicted molar refractivity (Wildman–Crippen MR) is 43.9 cm³/mol. The minimum atomic E-state index is 1.38. The molecule has 0 saturated carbocycles. The molecule has 0 nitrogen and oxygen atoms in total. The van der Waals surface area contributed by atoms with Crippen molar-refractivity contribution in [2.45, 2.75) is 49.6 Å². The van der Waals surface area contributed by atoms with Crippen LogP contribution in [0.3, 0.4) is 0 Å². The fourth-order valence-electron chi connectivity index (χ4n) is 0.925. The fraction of sp³-hybridized carbons (Fsp3) is 1.00. The average molecular weight is 228 g/mol. The van der Waals surface area contributed by atoms with Gasteiger partial charge in [0.15, 0.2) is 0 Å². The van der Waals surface area contributed by atoms with Crippen molar-refractivity contribution in [3.05, 3.63) is 0 Å². The first-order valence-electron chi connectivity index (χ1n) is 4.12. The molecular weight excluding hydrogens is 211 g/mol. The molecule has 0 amide bonds. The minimum absolute atomic E-state index is 1.38. The molecular formula is C8H17In. The fourth-order valence-corrected chi connectivity index (χ4v) is 1.75. The number of unbranched alkanes of at least 4 members (excludes halogenated alkanes) is 5. The normalized spacial score (nSPS) is 9.89. The summed E-state index contributed by atoms with van der Waals surface area (Å²) >= 11 is 1.46. The molecule has 0 aromatic heterocycles. The molecule has 0 spiro atoms. The third-order valence-electron chi connectivity index (χ3n) is 1.56. The van der Waals surface area contributed by atoms with E-state index in [2.05, 4.69) is 6.92 Å². The summed E-state index contributed by atoms with van der Waals surface area (Å²) in [7, 11) is 0. The van der Waals surface area contributed by atoms with Gasteiger partial charge in [-0.05, 0) is 0 Å². The molecule has 0 aliphatic heterocycles. The molecule has 0 aliphatic rings. The van der Waals surface area contributed by atoms with Gasteiger partial charge in [-0.3, -0.25) is 0 Å². The van der Waals surface area contributed by atoms with Gasteiger partial charge in [0.2, 0.25) is 0 Å². The van der Waals surface area contributed by atoms with Crippen molar-refractivity contribution in [3.63, 3.8) is 0 Å². The summed E-state index contributed by atoms with van der Waals surface area (Å²) in [5, 5.41) is 0. The van der Waals surface area contributed by atoms with Gasteiger partial charge in [0.05, 0.1) is 0 Å². The molecule has 0 heterocycles. The van der Waals surface area contributed by atoms with Crippen LogP contribution >= 0.6 is 0 Å². The first kappa shape index (κ1) is 9.87. The summed E-state index contributed by atoms with van der Waals surface area (Å²) in [5.74, 6) is 0. The van der Waals surface area contributed by atoms with Crippen molar-refractivity contribution < 1.29 is 0 Å². The van der Waals surface area contributed by atoms with E-state index in [0.717, 1.165) is 0 Å². The Morgan fingerprint density at radius 1 is 0.889 bits per heavy atom. The van der Waals surface area contributed by atoms with Crippen LogP contribution in [0, 0.1) is 0 Å². The van der Waals surface area contributed by atoms with Gasteiger partial charge >= 0.3 is 74.0 Å². The number of hydrogen-bond acceptors (Lipinski definition) is 0. The van der Waals surface area contributed by atoms with Gasteiger partial charge in [0, 0.05) is 0 Å². The van der Waals surface area contributed by atoms with Crippen molar-refractivity contribution in [2.75, 3.05) is 0 Å². The Kier molecular flexibility index (Phi) is 9.73. The van der Waals surface area contributed by atoms with E-state index >= 15 is 0 Å². The maximum absolute atomic E-state index is 2.27. The molecule has 0 unspecified atom stereocenters. The quantitative estimate of drug-likeness (QED) is 0.613. The van der Waals surface area contributed by atoms with Crippen molar-refractivity contribution in [1.29, 1.82) is 0 Å². The van der Waals surface area contributed by atoms with E-state index in [1.165, 1.54) is 67.1 Å². The van der Waals surface area contributed by atoms with Crippen LogP contribution in [0.5, 0.6) is 0 Å². The zero-order chi connectivity index (χ0) is 6.95. The van der Waals surface area contributed by atoms with E-state index < -0.39 is 0 Å². The molecule has 0 bridgehead atoms. The van der Waals surface area contributed by atoms with Crippen molar-refractivity contribution in [1.82, 2.24) is 0 Å². The van der Waals surface area contributed by atoms with Crippen molar-refractivity contribution in [3.8, 4) is 0 Å². The van der Waals surface area contributed by atoms with Gasteiger partial charge in [0.25, 0.3) is 0 Å². The van der Waals surface area contributed by atoms with Crippen LogP contribution < -0.4 is 0 Å². The van der Waals surface area contributed by atoms with Gasteiger partial charge in [-0.1, -0.05) is 0 Å². The van der Waals surface area contributed by atoms with E-state index in [0.29, 0.717) is 0 Å². The zero-order valence-corrected chi connectivity index (χ0v) is 9.82. The van der Waals surface area contributed by atoms with Crippen molar-refractivity contribution >= 4 is 24.4 Å². The summed E-state index contributed by atoms with van der Waals surface area (Å²) in [5.41, 5.74) is 0. The second-order valence-electron chi connectivity index (χ2n) is 2.56. The maximum atomic E-state index is 2.27. The van der Waals surface area contributed by atoms with Gasteiger partial charge < -0.3 is 0 Å². The molecule has 1 heteroatoms. The van der Waals surface area contributed by atoms with E-state index in [9.17, 15) is 0 Å². The average Bonchev–Trinajstić information content (AvgIpc) is 1.89. The summed E-state index contributed by atoms with van der Waals surface area (Å²) in [4.78, 5) is 0. The molecule has 52 valence electrons. The van der Waals surface area contributed by atoms with Gasteiger partial charge in [0.1, 0.15) is 0 Å². The Bertz CT molecular complexity index is 37.8. The Morgan fingerprint density at radius 3 is 2.00 bits per heavy atom. The first-order valence-corrected chi connectivity index (χ1v) is 6.45. The first-order chi connectivity index (χ1) is 4.41. The van der Waals surface area contributed by atoms with Crippen LogP contribution in [0.25, 0.3) is 0 Å². The van der Waals surface area contributed by atoms with Gasteiger partial charge in [-0.2, -0.15) is 0 Å².